The van der Waals surface area contributed by atoms with Gasteiger partial charge in [-0.25, -0.2) is 14.7 Å². The van der Waals surface area contributed by atoms with E-state index >= 15 is 0 Å². The Kier molecular flexibility index (Phi) is 5.55. The number of hydrogen-bond donors (Lipinski definition) is 1. The van der Waals surface area contributed by atoms with Gasteiger partial charge in [0.1, 0.15) is 5.82 Å². The summed E-state index contributed by atoms with van der Waals surface area (Å²) >= 11 is 0. The third kappa shape index (κ3) is 3.79. The minimum absolute atomic E-state index is 0.0506. The zero-order chi connectivity index (χ0) is 20.4. The van der Waals surface area contributed by atoms with Gasteiger partial charge in [0.2, 0.25) is 0 Å². The standard InChI is InChI=1S/C19H23N5O4/c1-4-22(10-15-20-14-8-6-5-7-13(14)16(25)21-15)11-24-18(27)17(26)23(19(24)28)9-12(2)3/h5-8,12H,4,9-11H2,1-3H3,(H,20,21,25). The highest BCUT2D eigenvalue weighted by Crippen LogP contribution is 2.15. The molecule has 1 aromatic heterocycles. The average Bonchev–Trinajstić information content (AvgIpc) is 2.85. The van der Waals surface area contributed by atoms with Crippen LogP contribution in [0.2, 0.25) is 0 Å². The lowest BCUT2D eigenvalue weighted by molar-refractivity contribution is -0.144. The fourth-order valence-corrected chi connectivity index (χ4v) is 3.08. The van der Waals surface area contributed by atoms with Crippen molar-refractivity contribution in [3.63, 3.8) is 0 Å². The Morgan fingerprint density at radius 3 is 2.43 bits per heavy atom. The predicted octanol–water partition coefficient (Wildman–Crippen LogP) is 1.15. The number of imide groups is 2. The summed E-state index contributed by atoms with van der Waals surface area (Å²) in [5.41, 5.74) is 0.326. The highest BCUT2D eigenvalue weighted by molar-refractivity contribution is 6.44. The molecule has 0 spiro atoms. The van der Waals surface area contributed by atoms with E-state index in [2.05, 4.69) is 9.97 Å². The SMILES string of the molecule is CCN(Cc1nc2ccccc2c(=O)[nH]1)CN1C(=O)C(=O)N(CC(C)C)C1=O. The lowest BCUT2D eigenvalue weighted by Crippen LogP contribution is -2.42. The third-order valence-corrected chi connectivity index (χ3v) is 4.51. The van der Waals surface area contributed by atoms with Crippen LogP contribution in [-0.2, 0) is 16.1 Å². The molecule has 28 heavy (non-hydrogen) atoms. The second-order valence-corrected chi connectivity index (χ2v) is 7.14. The second-order valence-electron chi connectivity index (χ2n) is 7.14. The van der Waals surface area contributed by atoms with Crippen LogP contribution in [0, 0.1) is 5.92 Å². The number of carbonyl (C=O) groups excluding carboxylic acids is 3. The first-order valence-corrected chi connectivity index (χ1v) is 9.19. The molecule has 0 unspecified atom stereocenters. The maximum atomic E-state index is 12.5. The van der Waals surface area contributed by atoms with Gasteiger partial charge in [-0.1, -0.05) is 32.9 Å². The Hall–Kier alpha value is -3.07. The largest absolute Gasteiger partial charge is 0.335 e. The molecule has 148 valence electrons. The van der Waals surface area contributed by atoms with Crippen LogP contribution < -0.4 is 5.56 Å². The molecule has 1 aliphatic rings. The van der Waals surface area contributed by atoms with Crippen molar-refractivity contribution in [2.24, 2.45) is 5.92 Å². The number of rotatable bonds is 7. The van der Waals surface area contributed by atoms with E-state index in [0.717, 1.165) is 9.80 Å². The number of H-pyrrole nitrogens is 1. The second kappa shape index (κ2) is 7.89. The Morgan fingerprint density at radius 1 is 1.07 bits per heavy atom. The van der Waals surface area contributed by atoms with Crippen LogP contribution in [-0.4, -0.2) is 62.3 Å². The number of carbonyl (C=O) groups is 3. The van der Waals surface area contributed by atoms with Crippen molar-refractivity contribution in [3.05, 3.63) is 40.4 Å². The molecule has 0 bridgehead atoms. The fraction of sp³-hybridized carbons (Fsp3) is 0.421. The van der Waals surface area contributed by atoms with Crippen LogP contribution in [0.3, 0.4) is 0 Å². The van der Waals surface area contributed by atoms with Crippen molar-refractivity contribution >= 4 is 28.7 Å². The molecule has 9 heteroatoms. The first kappa shape index (κ1) is 19.7. The maximum absolute atomic E-state index is 12.5. The van der Waals surface area contributed by atoms with Gasteiger partial charge in [-0.3, -0.25) is 24.2 Å². The number of aromatic nitrogens is 2. The molecule has 1 aliphatic heterocycles. The fourth-order valence-electron chi connectivity index (χ4n) is 3.08. The minimum Gasteiger partial charge on any atom is -0.309 e. The summed E-state index contributed by atoms with van der Waals surface area (Å²) in [5, 5.41) is 0.495. The van der Waals surface area contributed by atoms with E-state index in [0.29, 0.717) is 23.3 Å². The van der Waals surface area contributed by atoms with E-state index in [1.807, 2.05) is 20.8 Å². The van der Waals surface area contributed by atoms with Crippen molar-refractivity contribution in [3.8, 4) is 0 Å². The zero-order valence-corrected chi connectivity index (χ0v) is 16.1. The monoisotopic (exact) mass is 385 g/mol. The molecule has 2 heterocycles. The molecule has 0 radical (unpaired) electrons. The molecule has 0 saturated carbocycles. The summed E-state index contributed by atoms with van der Waals surface area (Å²) in [6.07, 6.45) is 0. The summed E-state index contributed by atoms with van der Waals surface area (Å²) in [6.45, 7) is 6.47. The van der Waals surface area contributed by atoms with Crippen molar-refractivity contribution in [2.75, 3.05) is 19.8 Å². The van der Waals surface area contributed by atoms with Crippen LogP contribution in [0.15, 0.2) is 29.1 Å². The molecule has 4 amide bonds. The van der Waals surface area contributed by atoms with Gasteiger partial charge >= 0.3 is 17.8 Å². The molecule has 0 aliphatic carbocycles. The summed E-state index contributed by atoms with van der Waals surface area (Å²) in [4.78, 5) is 60.0. The van der Waals surface area contributed by atoms with Gasteiger partial charge < -0.3 is 4.98 Å². The van der Waals surface area contributed by atoms with Crippen LogP contribution >= 0.6 is 0 Å². The first-order chi connectivity index (χ1) is 13.3. The summed E-state index contributed by atoms with van der Waals surface area (Å²) < 4.78 is 0. The number of urea groups is 1. The van der Waals surface area contributed by atoms with Crippen LogP contribution in [0.5, 0.6) is 0 Å². The lowest BCUT2D eigenvalue weighted by Gasteiger charge is -2.24. The number of hydrogen-bond acceptors (Lipinski definition) is 6. The number of nitrogens with zero attached hydrogens (tertiary/aromatic N) is 4. The van der Waals surface area contributed by atoms with E-state index in [1.54, 1.807) is 29.2 Å². The first-order valence-electron chi connectivity index (χ1n) is 9.19. The highest BCUT2D eigenvalue weighted by Gasteiger charge is 2.44. The van der Waals surface area contributed by atoms with E-state index in [-0.39, 0.29) is 31.2 Å². The summed E-state index contributed by atoms with van der Waals surface area (Å²) in [5.74, 6) is -1.14. The lowest BCUT2D eigenvalue weighted by atomic mass is 10.2. The van der Waals surface area contributed by atoms with E-state index < -0.39 is 17.8 Å². The molecule has 2 aromatic rings. The molecule has 1 fully saturated rings. The van der Waals surface area contributed by atoms with Crippen LogP contribution in [0.25, 0.3) is 10.9 Å². The molecule has 3 rings (SSSR count). The number of amides is 4. The Bertz CT molecular complexity index is 984. The van der Waals surface area contributed by atoms with E-state index in [1.165, 1.54) is 0 Å². The van der Waals surface area contributed by atoms with Crippen LogP contribution in [0.1, 0.15) is 26.6 Å². The Labute approximate surface area is 161 Å². The number of aromatic amines is 1. The maximum Gasteiger partial charge on any atom is 0.335 e. The quantitative estimate of drug-likeness (QED) is 0.566. The molecule has 1 aromatic carbocycles. The molecule has 1 saturated heterocycles. The number of benzene rings is 1. The van der Waals surface area contributed by atoms with E-state index in [4.69, 9.17) is 0 Å². The molecule has 1 N–H and O–H groups in total. The molecular formula is C19H23N5O4. The zero-order valence-electron chi connectivity index (χ0n) is 16.1. The molecule has 0 atom stereocenters. The van der Waals surface area contributed by atoms with Gasteiger partial charge in [-0.2, -0.15) is 0 Å². The number of para-hydroxylation sites is 1. The average molecular weight is 385 g/mol. The summed E-state index contributed by atoms with van der Waals surface area (Å²) in [7, 11) is 0. The van der Waals surface area contributed by atoms with E-state index in [9.17, 15) is 19.2 Å². The van der Waals surface area contributed by atoms with Gasteiger partial charge in [0.05, 0.1) is 24.1 Å². The Morgan fingerprint density at radius 2 is 1.75 bits per heavy atom. The smallest absolute Gasteiger partial charge is 0.309 e. The van der Waals surface area contributed by atoms with Crippen LogP contribution in [0.4, 0.5) is 4.79 Å². The summed E-state index contributed by atoms with van der Waals surface area (Å²) in [6, 6.07) is 6.40. The topological polar surface area (TPSA) is 107 Å². The third-order valence-electron chi connectivity index (χ3n) is 4.51. The van der Waals surface area contributed by atoms with Crippen molar-refractivity contribution in [2.45, 2.75) is 27.3 Å². The molecule has 9 nitrogen and oxygen atoms in total. The van der Waals surface area contributed by atoms with Crippen molar-refractivity contribution in [1.29, 1.82) is 0 Å². The number of fused-ring (bicyclic) bond motifs is 1. The van der Waals surface area contributed by atoms with Gasteiger partial charge in [-0.05, 0) is 24.6 Å². The Balaban J connectivity index is 1.78. The molecular weight excluding hydrogens is 362 g/mol. The number of nitrogens with one attached hydrogen (secondary N) is 1. The predicted molar refractivity (Wildman–Crippen MR) is 102 cm³/mol. The normalized spacial score (nSPS) is 15.0. The van der Waals surface area contributed by atoms with Crippen molar-refractivity contribution < 1.29 is 14.4 Å². The highest BCUT2D eigenvalue weighted by atomic mass is 16.2. The van der Waals surface area contributed by atoms with Gasteiger partial charge in [0.15, 0.2) is 0 Å². The van der Waals surface area contributed by atoms with Gasteiger partial charge in [0.25, 0.3) is 5.56 Å². The van der Waals surface area contributed by atoms with Gasteiger partial charge in [-0.15, -0.1) is 0 Å². The van der Waals surface area contributed by atoms with Gasteiger partial charge in [0, 0.05) is 6.54 Å². The minimum atomic E-state index is -0.830. The van der Waals surface area contributed by atoms with Crippen molar-refractivity contribution in [1.82, 2.24) is 24.7 Å².